The zero-order valence-corrected chi connectivity index (χ0v) is 13.0. The second kappa shape index (κ2) is 6.71. The Balaban J connectivity index is 1.99. The van der Waals surface area contributed by atoms with Crippen LogP contribution in [-0.4, -0.2) is 28.3 Å². The van der Waals surface area contributed by atoms with Crippen LogP contribution in [0, 0.1) is 0 Å². The van der Waals surface area contributed by atoms with Crippen LogP contribution in [0.5, 0.6) is 5.75 Å². The Bertz CT molecular complexity index is 584. The quantitative estimate of drug-likeness (QED) is 0.826. The van der Waals surface area contributed by atoms with E-state index in [4.69, 9.17) is 4.74 Å². The van der Waals surface area contributed by atoms with Gasteiger partial charge in [-0.2, -0.15) is 0 Å². The number of ether oxygens (including phenoxy) is 1. The third kappa shape index (κ3) is 3.94. The minimum atomic E-state index is -0.100. The van der Waals surface area contributed by atoms with E-state index in [1.54, 1.807) is 14.0 Å². The number of nitrogens with zero attached hydrogens (tertiary/aromatic N) is 2. The number of methoxy groups -OCH3 is 1. The molecule has 0 amide bonds. The molecule has 0 fully saturated rings. The number of aromatic nitrogens is 2. The summed E-state index contributed by atoms with van der Waals surface area (Å²) in [6.07, 6.45) is 0. The lowest BCUT2D eigenvalue weighted by Crippen LogP contribution is -2.07. The summed E-state index contributed by atoms with van der Waals surface area (Å²) in [7, 11) is 1.63. The molecule has 0 saturated carbocycles. The molecule has 5 nitrogen and oxygen atoms in total. The fraction of sp³-hybridized carbons (Fsp3) is 0.308. The number of carbonyl (C=O) groups is 1. The van der Waals surface area contributed by atoms with E-state index in [0.717, 1.165) is 15.8 Å². The molecule has 0 aliphatic heterocycles. The molecule has 1 atom stereocenters. The highest BCUT2D eigenvalue weighted by atomic mass is 32.2. The van der Waals surface area contributed by atoms with Gasteiger partial charge in [0.2, 0.25) is 5.13 Å². The third-order valence-corrected chi connectivity index (χ3v) is 4.74. The molecule has 0 aliphatic carbocycles. The van der Waals surface area contributed by atoms with E-state index in [2.05, 4.69) is 15.5 Å². The smallest absolute Gasteiger partial charge is 0.210 e. The molecular weight excluding hydrogens is 294 g/mol. The van der Waals surface area contributed by atoms with Gasteiger partial charge in [0.1, 0.15) is 11.5 Å². The zero-order chi connectivity index (χ0) is 14.5. The van der Waals surface area contributed by atoms with Crippen LogP contribution in [0.1, 0.15) is 13.8 Å². The van der Waals surface area contributed by atoms with Crippen LogP contribution in [-0.2, 0) is 4.79 Å². The number of nitrogens with one attached hydrogen (secondary N) is 1. The Morgan fingerprint density at radius 1 is 1.35 bits per heavy atom. The topological polar surface area (TPSA) is 64.1 Å². The van der Waals surface area contributed by atoms with Crippen LogP contribution in [0.15, 0.2) is 28.6 Å². The first-order valence-corrected chi connectivity index (χ1v) is 7.70. The van der Waals surface area contributed by atoms with Crippen LogP contribution in [0.25, 0.3) is 0 Å². The first kappa shape index (κ1) is 14.8. The molecule has 0 radical (unpaired) electrons. The van der Waals surface area contributed by atoms with Gasteiger partial charge >= 0.3 is 0 Å². The molecule has 1 N–H and O–H groups in total. The fourth-order valence-electron chi connectivity index (χ4n) is 1.34. The maximum atomic E-state index is 11.2. The van der Waals surface area contributed by atoms with Gasteiger partial charge in [0.25, 0.3) is 0 Å². The molecule has 20 heavy (non-hydrogen) atoms. The van der Waals surface area contributed by atoms with Crippen molar-refractivity contribution in [2.24, 2.45) is 0 Å². The van der Waals surface area contributed by atoms with Gasteiger partial charge in [-0.05, 0) is 38.1 Å². The van der Waals surface area contributed by atoms with Crippen LogP contribution < -0.4 is 10.1 Å². The Hall–Kier alpha value is -1.60. The summed E-state index contributed by atoms with van der Waals surface area (Å²) in [5.41, 5.74) is 0.915. The number of anilines is 2. The van der Waals surface area contributed by atoms with E-state index in [0.29, 0.717) is 5.13 Å². The minimum Gasteiger partial charge on any atom is -0.497 e. The van der Waals surface area contributed by atoms with Crippen LogP contribution >= 0.6 is 23.1 Å². The average Bonchev–Trinajstić information content (AvgIpc) is 2.86. The molecule has 0 spiro atoms. The predicted molar refractivity (Wildman–Crippen MR) is 82.2 cm³/mol. The number of benzene rings is 1. The maximum absolute atomic E-state index is 11.2. The summed E-state index contributed by atoms with van der Waals surface area (Å²) in [5.74, 6) is 0.939. The summed E-state index contributed by atoms with van der Waals surface area (Å²) in [6, 6.07) is 7.56. The number of ketones is 1. The third-order valence-electron chi connectivity index (χ3n) is 2.60. The van der Waals surface area contributed by atoms with Crippen molar-refractivity contribution in [2.75, 3.05) is 12.4 Å². The normalized spacial score (nSPS) is 11.9. The van der Waals surface area contributed by atoms with Crippen molar-refractivity contribution in [3.05, 3.63) is 24.3 Å². The van der Waals surface area contributed by atoms with E-state index in [1.807, 2.05) is 31.2 Å². The van der Waals surface area contributed by atoms with Crippen molar-refractivity contribution in [3.63, 3.8) is 0 Å². The highest BCUT2D eigenvalue weighted by molar-refractivity contribution is 8.02. The van der Waals surface area contributed by atoms with Gasteiger partial charge in [-0.25, -0.2) is 0 Å². The summed E-state index contributed by atoms with van der Waals surface area (Å²) >= 11 is 2.85. The van der Waals surface area contributed by atoms with E-state index in [9.17, 15) is 4.79 Å². The Morgan fingerprint density at radius 2 is 2.05 bits per heavy atom. The molecule has 1 aromatic carbocycles. The predicted octanol–water partition coefficient (Wildman–Crippen LogP) is 3.36. The van der Waals surface area contributed by atoms with Crippen LogP contribution in [0.2, 0.25) is 0 Å². The van der Waals surface area contributed by atoms with E-state index in [1.165, 1.54) is 23.1 Å². The van der Waals surface area contributed by atoms with Crippen molar-refractivity contribution in [2.45, 2.75) is 23.4 Å². The molecule has 7 heteroatoms. The van der Waals surface area contributed by atoms with E-state index < -0.39 is 0 Å². The lowest BCUT2D eigenvalue weighted by atomic mass is 10.3. The van der Waals surface area contributed by atoms with Crippen molar-refractivity contribution in [1.82, 2.24) is 10.2 Å². The molecule has 1 heterocycles. The first-order chi connectivity index (χ1) is 9.58. The summed E-state index contributed by atoms with van der Waals surface area (Å²) in [4.78, 5) is 11.2. The van der Waals surface area contributed by atoms with Crippen molar-refractivity contribution >= 4 is 39.7 Å². The summed E-state index contributed by atoms with van der Waals surface area (Å²) < 4.78 is 5.88. The minimum absolute atomic E-state index is 0.100. The van der Waals surface area contributed by atoms with Gasteiger partial charge in [-0.15, -0.1) is 10.2 Å². The molecule has 2 rings (SSSR count). The highest BCUT2D eigenvalue weighted by Crippen LogP contribution is 2.30. The van der Waals surface area contributed by atoms with E-state index >= 15 is 0 Å². The van der Waals surface area contributed by atoms with Gasteiger partial charge in [0.15, 0.2) is 4.34 Å². The first-order valence-electron chi connectivity index (χ1n) is 6.00. The number of thioether (sulfide) groups is 1. The van der Waals surface area contributed by atoms with Crippen LogP contribution in [0.3, 0.4) is 0 Å². The Morgan fingerprint density at radius 3 is 2.65 bits per heavy atom. The van der Waals surface area contributed by atoms with Crippen molar-refractivity contribution < 1.29 is 9.53 Å². The van der Waals surface area contributed by atoms with Gasteiger partial charge < -0.3 is 10.1 Å². The molecule has 106 valence electrons. The number of Topliss-reactive ketones (excluding diaryl/α,β-unsaturated/α-hetero) is 1. The monoisotopic (exact) mass is 309 g/mol. The number of hydrogen-bond acceptors (Lipinski definition) is 7. The zero-order valence-electron chi connectivity index (χ0n) is 11.4. The van der Waals surface area contributed by atoms with Crippen molar-refractivity contribution in [3.8, 4) is 5.75 Å². The number of rotatable bonds is 6. The fourth-order valence-corrected chi connectivity index (χ4v) is 3.26. The Labute approximate surface area is 125 Å². The maximum Gasteiger partial charge on any atom is 0.210 e. The molecule has 0 bridgehead atoms. The summed E-state index contributed by atoms with van der Waals surface area (Å²) in [6.45, 7) is 3.44. The molecule has 1 unspecified atom stereocenters. The molecular formula is C13H15N3O2S2. The molecule has 1 aromatic heterocycles. The van der Waals surface area contributed by atoms with Gasteiger partial charge in [0.05, 0.1) is 12.4 Å². The Kier molecular flexibility index (Phi) is 4.97. The largest absolute Gasteiger partial charge is 0.497 e. The van der Waals surface area contributed by atoms with E-state index in [-0.39, 0.29) is 11.0 Å². The van der Waals surface area contributed by atoms with Gasteiger partial charge in [-0.3, -0.25) is 4.79 Å². The van der Waals surface area contributed by atoms with Crippen LogP contribution in [0.4, 0.5) is 10.8 Å². The lowest BCUT2D eigenvalue weighted by molar-refractivity contribution is -0.116. The molecule has 2 aromatic rings. The van der Waals surface area contributed by atoms with Gasteiger partial charge in [0, 0.05) is 5.69 Å². The number of carbonyl (C=O) groups excluding carboxylic acids is 1. The SMILES string of the molecule is COc1ccc(Nc2nnc(SC(C)C(C)=O)s2)cc1. The highest BCUT2D eigenvalue weighted by Gasteiger charge is 2.13. The van der Waals surface area contributed by atoms with Gasteiger partial charge in [-0.1, -0.05) is 23.1 Å². The van der Waals surface area contributed by atoms with Crippen molar-refractivity contribution in [1.29, 1.82) is 0 Å². The second-order valence-corrected chi connectivity index (χ2v) is 6.66. The summed E-state index contributed by atoms with van der Waals surface area (Å²) in [5, 5.41) is 11.9. The molecule has 0 aliphatic rings. The average molecular weight is 309 g/mol. The standard InChI is InChI=1S/C13H15N3O2S2/c1-8(17)9(2)19-13-16-15-12(20-13)14-10-4-6-11(18-3)7-5-10/h4-7,9H,1-3H3,(H,14,15). The lowest BCUT2D eigenvalue weighted by Gasteiger charge is -2.03. The molecule has 0 saturated heterocycles. The second-order valence-electron chi connectivity index (χ2n) is 4.10. The number of hydrogen-bond donors (Lipinski definition) is 1.